The van der Waals surface area contributed by atoms with Gasteiger partial charge in [0.25, 0.3) is 0 Å². The Kier molecular flexibility index (Phi) is 6.47. The first-order valence-electron chi connectivity index (χ1n) is 6.76. The van der Waals surface area contributed by atoms with Crippen LogP contribution in [0.4, 0.5) is 5.82 Å². The number of hydrogen-bond acceptors (Lipinski definition) is 4. The van der Waals surface area contributed by atoms with E-state index in [1.165, 1.54) is 12.0 Å². The highest BCUT2D eigenvalue weighted by atomic mass is 32.2. The van der Waals surface area contributed by atoms with E-state index in [2.05, 4.69) is 43.0 Å². The van der Waals surface area contributed by atoms with E-state index in [1.54, 1.807) is 0 Å². The van der Waals surface area contributed by atoms with Gasteiger partial charge in [0.1, 0.15) is 16.7 Å². The molecule has 1 aromatic rings. The Hall–Kier alpha value is -0.770. The molecule has 0 amide bonds. The highest BCUT2D eigenvalue weighted by Crippen LogP contribution is 2.26. The highest BCUT2D eigenvalue weighted by Gasteiger charge is 2.10. The third-order valence-electron chi connectivity index (χ3n) is 2.79. The van der Waals surface area contributed by atoms with Gasteiger partial charge in [-0.05, 0) is 31.4 Å². The third-order valence-corrected chi connectivity index (χ3v) is 3.90. The summed E-state index contributed by atoms with van der Waals surface area (Å²) in [6.45, 7) is 8.77. The Morgan fingerprint density at radius 1 is 1.28 bits per heavy atom. The van der Waals surface area contributed by atoms with Crippen LogP contribution in [0.2, 0.25) is 0 Å². The topological polar surface area (TPSA) is 37.8 Å². The molecule has 1 aromatic heterocycles. The maximum absolute atomic E-state index is 4.68. The second-order valence-electron chi connectivity index (χ2n) is 4.95. The smallest absolute Gasteiger partial charge is 0.133 e. The molecule has 0 aliphatic rings. The fourth-order valence-electron chi connectivity index (χ4n) is 1.65. The van der Waals surface area contributed by atoms with E-state index >= 15 is 0 Å². The Morgan fingerprint density at radius 2 is 2.00 bits per heavy atom. The van der Waals surface area contributed by atoms with Gasteiger partial charge in [-0.3, -0.25) is 0 Å². The molecule has 1 rings (SSSR count). The van der Waals surface area contributed by atoms with Crippen molar-refractivity contribution in [3.05, 3.63) is 11.4 Å². The fraction of sp³-hybridized carbons (Fsp3) is 0.714. The molecule has 4 heteroatoms. The number of hydrogen-bond donors (Lipinski definition) is 1. The van der Waals surface area contributed by atoms with Gasteiger partial charge in [0.2, 0.25) is 0 Å². The van der Waals surface area contributed by atoms with E-state index in [1.807, 2.05) is 18.8 Å². The van der Waals surface area contributed by atoms with Crippen LogP contribution >= 0.6 is 11.8 Å². The van der Waals surface area contributed by atoms with E-state index in [4.69, 9.17) is 0 Å². The van der Waals surface area contributed by atoms with Gasteiger partial charge in [-0.2, -0.15) is 0 Å². The van der Waals surface area contributed by atoms with Gasteiger partial charge in [0, 0.05) is 19.0 Å². The molecule has 1 N–H and O–H groups in total. The largest absolute Gasteiger partial charge is 0.373 e. The van der Waals surface area contributed by atoms with Gasteiger partial charge in [-0.1, -0.05) is 20.8 Å². The summed E-state index contributed by atoms with van der Waals surface area (Å²) in [5, 5.41) is 4.31. The molecule has 3 nitrogen and oxygen atoms in total. The molecule has 0 spiro atoms. The Labute approximate surface area is 115 Å². The van der Waals surface area contributed by atoms with E-state index in [9.17, 15) is 0 Å². The van der Waals surface area contributed by atoms with Crippen molar-refractivity contribution >= 4 is 17.6 Å². The molecule has 0 atom stereocenters. The molecule has 0 aliphatic heterocycles. The van der Waals surface area contributed by atoms with Gasteiger partial charge < -0.3 is 5.32 Å². The number of aromatic nitrogens is 2. The van der Waals surface area contributed by atoms with Crippen LogP contribution in [0.15, 0.2) is 5.03 Å². The van der Waals surface area contributed by atoms with Gasteiger partial charge in [-0.15, -0.1) is 11.8 Å². The summed E-state index contributed by atoms with van der Waals surface area (Å²) >= 11 is 1.85. The summed E-state index contributed by atoms with van der Waals surface area (Å²) in [6, 6.07) is 0. The zero-order valence-corrected chi connectivity index (χ0v) is 13.0. The van der Waals surface area contributed by atoms with Gasteiger partial charge in [0.15, 0.2) is 0 Å². The van der Waals surface area contributed by atoms with Crippen molar-refractivity contribution in [2.45, 2.75) is 52.0 Å². The number of thioether (sulfide) groups is 1. The van der Waals surface area contributed by atoms with Crippen molar-refractivity contribution in [3.8, 4) is 0 Å². The predicted molar refractivity (Wildman–Crippen MR) is 80.5 cm³/mol. The van der Waals surface area contributed by atoms with Crippen molar-refractivity contribution in [1.29, 1.82) is 0 Å². The van der Waals surface area contributed by atoms with Gasteiger partial charge in [0.05, 0.1) is 0 Å². The van der Waals surface area contributed by atoms with Crippen LogP contribution in [-0.2, 0) is 6.42 Å². The summed E-state index contributed by atoms with van der Waals surface area (Å²) in [7, 11) is 1.92. The molecule has 102 valence electrons. The maximum atomic E-state index is 4.68. The summed E-state index contributed by atoms with van der Waals surface area (Å²) in [5.74, 6) is 3.81. The average Bonchev–Trinajstić information content (AvgIpc) is 2.32. The highest BCUT2D eigenvalue weighted by molar-refractivity contribution is 7.99. The molecule has 0 radical (unpaired) electrons. The van der Waals surface area contributed by atoms with Crippen LogP contribution in [0, 0.1) is 12.8 Å². The fourth-order valence-corrected chi connectivity index (χ4v) is 2.92. The number of anilines is 1. The summed E-state index contributed by atoms with van der Waals surface area (Å²) in [6.07, 6.45) is 3.27. The standard InChI is InChI=1S/C14H25N3S/c1-6-7-12-16-13(15-5)11(4)14(17-12)18-9-8-10(2)3/h10H,6-9H2,1-5H3,(H,15,16,17). The molecule has 0 bridgehead atoms. The van der Waals surface area contributed by atoms with Crippen LogP contribution in [-0.4, -0.2) is 22.8 Å². The minimum atomic E-state index is 0.749. The van der Waals surface area contributed by atoms with Gasteiger partial charge >= 0.3 is 0 Å². The first kappa shape index (κ1) is 15.3. The Balaban J connectivity index is 2.83. The van der Waals surface area contributed by atoms with E-state index < -0.39 is 0 Å². The van der Waals surface area contributed by atoms with Crippen molar-refractivity contribution < 1.29 is 0 Å². The molecule has 0 saturated carbocycles. The monoisotopic (exact) mass is 267 g/mol. The third kappa shape index (κ3) is 4.48. The second kappa shape index (κ2) is 7.62. The SMILES string of the molecule is CCCc1nc(NC)c(C)c(SCCC(C)C)n1. The number of aryl methyl sites for hydroxylation is 1. The Morgan fingerprint density at radius 3 is 2.56 bits per heavy atom. The second-order valence-corrected chi connectivity index (χ2v) is 6.03. The van der Waals surface area contributed by atoms with Crippen molar-refractivity contribution in [2.75, 3.05) is 18.1 Å². The molecule has 0 fully saturated rings. The molecular weight excluding hydrogens is 242 g/mol. The predicted octanol–water partition coefficient (Wildman–Crippen LogP) is 3.92. The maximum Gasteiger partial charge on any atom is 0.133 e. The van der Waals surface area contributed by atoms with Crippen LogP contribution in [0.3, 0.4) is 0 Å². The molecule has 0 saturated heterocycles. The summed E-state index contributed by atoms with van der Waals surface area (Å²) in [4.78, 5) is 9.23. The lowest BCUT2D eigenvalue weighted by Gasteiger charge is -2.12. The number of nitrogens with zero attached hydrogens (tertiary/aromatic N) is 2. The lowest BCUT2D eigenvalue weighted by atomic mass is 10.2. The lowest BCUT2D eigenvalue weighted by Crippen LogP contribution is -2.05. The number of nitrogens with one attached hydrogen (secondary N) is 1. The molecule has 18 heavy (non-hydrogen) atoms. The normalized spacial score (nSPS) is 11.0. The summed E-state index contributed by atoms with van der Waals surface area (Å²) < 4.78 is 0. The first-order valence-corrected chi connectivity index (χ1v) is 7.75. The van der Waals surface area contributed by atoms with Crippen LogP contribution < -0.4 is 5.32 Å². The Bertz CT molecular complexity index is 378. The minimum absolute atomic E-state index is 0.749. The van der Waals surface area contributed by atoms with E-state index in [-0.39, 0.29) is 0 Å². The van der Waals surface area contributed by atoms with Crippen molar-refractivity contribution in [3.63, 3.8) is 0 Å². The molecular formula is C14H25N3S. The summed E-state index contributed by atoms with van der Waals surface area (Å²) in [5.41, 5.74) is 1.17. The number of rotatable bonds is 7. The molecule has 0 aromatic carbocycles. The zero-order valence-electron chi connectivity index (χ0n) is 12.2. The van der Waals surface area contributed by atoms with Crippen molar-refractivity contribution in [1.82, 2.24) is 9.97 Å². The quantitative estimate of drug-likeness (QED) is 0.600. The molecule has 1 heterocycles. The minimum Gasteiger partial charge on any atom is -0.373 e. The van der Waals surface area contributed by atoms with E-state index in [0.717, 1.165) is 41.2 Å². The van der Waals surface area contributed by atoms with Crippen LogP contribution in [0.25, 0.3) is 0 Å². The van der Waals surface area contributed by atoms with Gasteiger partial charge in [-0.25, -0.2) is 9.97 Å². The van der Waals surface area contributed by atoms with Crippen molar-refractivity contribution in [2.24, 2.45) is 5.92 Å². The zero-order chi connectivity index (χ0) is 13.5. The lowest BCUT2D eigenvalue weighted by molar-refractivity contribution is 0.631. The molecule has 0 unspecified atom stereocenters. The average molecular weight is 267 g/mol. The van der Waals surface area contributed by atoms with E-state index in [0.29, 0.717) is 0 Å². The molecule has 0 aliphatic carbocycles. The first-order chi connectivity index (χ1) is 8.58. The van der Waals surface area contributed by atoms with Crippen LogP contribution in [0.5, 0.6) is 0 Å². The van der Waals surface area contributed by atoms with Crippen LogP contribution in [0.1, 0.15) is 45.0 Å².